The Morgan fingerprint density at radius 2 is 1.69 bits per heavy atom. The molecule has 4 aliphatic rings. The van der Waals surface area contributed by atoms with Gasteiger partial charge in [0.15, 0.2) is 5.69 Å². The maximum absolute atomic E-state index is 14.1. The van der Waals surface area contributed by atoms with Gasteiger partial charge in [0.2, 0.25) is 0 Å². The van der Waals surface area contributed by atoms with E-state index in [-0.39, 0.29) is 47.9 Å². The van der Waals surface area contributed by atoms with Crippen molar-refractivity contribution in [1.82, 2.24) is 14.5 Å². The van der Waals surface area contributed by atoms with Crippen molar-refractivity contribution < 1.29 is 19.5 Å². The van der Waals surface area contributed by atoms with Gasteiger partial charge in [-0.2, -0.15) is 0 Å². The largest absolute Gasteiger partial charge is 0.481 e. The summed E-state index contributed by atoms with van der Waals surface area (Å²) in [5.74, 6) is 0.756. The third-order valence-corrected chi connectivity index (χ3v) is 9.54. The van der Waals surface area contributed by atoms with Crippen molar-refractivity contribution >= 4 is 22.7 Å². The fourth-order valence-electron chi connectivity index (χ4n) is 8.08. The molecule has 4 bridgehead atoms. The first-order valence-corrected chi connectivity index (χ1v) is 14.7. The quantitative estimate of drug-likeness (QED) is 0.414. The third-order valence-electron chi connectivity index (χ3n) is 9.54. The second-order valence-corrected chi connectivity index (χ2v) is 12.0. The lowest BCUT2D eigenvalue weighted by atomic mass is 9.75. The molecular formula is C30H40N4O5. The molecule has 0 amide bonds. The van der Waals surface area contributed by atoms with E-state index in [0.29, 0.717) is 24.8 Å². The molecule has 2 saturated heterocycles. The van der Waals surface area contributed by atoms with Crippen LogP contribution in [0, 0.1) is 11.8 Å². The number of piperidine rings is 1. The second kappa shape index (κ2) is 11.4. The molecule has 3 heterocycles. The van der Waals surface area contributed by atoms with Crippen molar-refractivity contribution in [2.24, 2.45) is 17.0 Å². The topological polar surface area (TPSA) is 106 Å². The number of carbonyl (C=O) groups is 1. The second-order valence-electron chi connectivity index (χ2n) is 12.0. The Labute approximate surface area is 229 Å². The smallest absolute Gasteiger partial charge is 0.303 e. The minimum atomic E-state index is -0.956. The van der Waals surface area contributed by atoms with Crippen molar-refractivity contribution in [1.29, 1.82) is 0 Å². The van der Waals surface area contributed by atoms with Gasteiger partial charge in [-0.05, 0) is 56.1 Å². The number of ether oxygens (including phenoxy) is 1. The maximum atomic E-state index is 14.1. The van der Waals surface area contributed by atoms with E-state index < -0.39 is 5.97 Å². The number of aromatic nitrogens is 2. The Hall–Kier alpha value is -2.78. The summed E-state index contributed by atoms with van der Waals surface area (Å²) in [6, 6.07) is 8.91. The molecule has 9 heteroatoms. The number of aliphatic carboxylic acids is 1. The van der Waals surface area contributed by atoms with Crippen molar-refractivity contribution in [2.45, 2.75) is 94.8 Å². The first-order chi connectivity index (χ1) is 19.0. The number of hydrogen-bond donors (Lipinski definition) is 1. The zero-order valence-corrected chi connectivity index (χ0v) is 22.8. The molecule has 210 valence electrons. The van der Waals surface area contributed by atoms with Gasteiger partial charge >= 0.3 is 5.97 Å². The molecule has 2 saturated carbocycles. The third kappa shape index (κ3) is 5.35. The molecule has 6 rings (SSSR count). The molecule has 1 aromatic carbocycles. The highest BCUT2D eigenvalue weighted by Gasteiger charge is 2.45. The monoisotopic (exact) mass is 536 g/mol. The van der Waals surface area contributed by atoms with Crippen molar-refractivity contribution in [3.05, 3.63) is 40.3 Å². The molecule has 2 aliphatic carbocycles. The number of para-hydroxylation sites is 2. The van der Waals surface area contributed by atoms with Crippen LogP contribution in [0.25, 0.3) is 11.0 Å². The highest BCUT2D eigenvalue weighted by Crippen LogP contribution is 2.44. The number of hydrogen-bond acceptors (Lipinski definition) is 7. The van der Waals surface area contributed by atoms with Crippen LogP contribution in [0.3, 0.4) is 0 Å². The summed E-state index contributed by atoms with van der Waals surface area (Å²) in [6.45, 7) is 1.41. The minimum Gasteiger partial charge on any atom is -0.481 e. The van der Waals surface area contributed by atoms with Crippen molar-refractivity contribution in [2.75, 3.05) is 20.3 Å². The van der Waals surface area contributed by atoms with E-state index in [1.165, 1.54) is 52.1 Å². The zero-order valence-electron chi connectivity index (χ0n) is 22.8. The van der Waals surface area contributed by atoms with Gasteiger partial charge in [0.05, 0.1) is 30.7 Å². The summed E-state index contributed by atoms with van der Waals surface area (Å²) in [5.41, 5.74) is 1.73. The van der Waals surface area contributed by atoms with E-state index in [2.05, 4.69) is 15.0 Å². The van der Waals surface area contributed by atoms with Crippen LogP contribution in [0.15, 0.2) is 34.2 Å². The Balaban J connectivity index is 1.34. The number of nitrogens with zero attached hydrogens (tertiary/aromatic N) is 4. The summed E-state index contributed by atoms with van der Waals surface area (Å²) >= 11 is 0. The minimum absolute atomic E-state index is 0.00781. The lowest BCUT2D eigenvalue weighted by molar-refractivity contribution is -0.136. The lowest BCUT2D eigenvalue weighted by Gasteiger charge is -2.54. The molecule has 39 heavy (non-hydrogen) atoms. The molecule has 0 radical (unpaired) electrons. The molecule has 4 unspecified atom stereocenters. The van der Waals surface area contributed by atoms with Crippen LogP contribution in [0.5, 0.6) is 0 Å². The van der Waals surface area contributed by atoms with E-state index in [1.807, 2.05) is 28.8 Å². The summed E-state index contributed by atoms with van der Waals surface area (Å²) in [4.78, 5) is 37.8. The van der Waals surface area contributed by atoms with E-state index in [4.69, 9.17) is 9.57 Å². The molecule has 4 atom stereocenters. The molecule has 9 nitrogen and oxygen atoms in total. The average Bonchev–Trinajstić information content (AvgIpc) is 3.09. The summed E-state index contributed by atoms with van der Waals surface area (Å²) in [7, 11) is 1.40. The number of carboxylic acids is 1. The predicted octanol–water partition coefficient (Wildman–Crippen LogP) is 4.38. The average molecular weight is 537 g/mol. The lowest BCUT2D eigenvalue weighted by Crippen LogP contribution is -2.62. The zero-order chi connectivity index (χ0) is 26.9. The standard InChI is InChI=1S/C30H40N4O5/c1-38-32-26(10-11-28(35)36)29-30(37)34(27-9-5-4-8-25(27)31-29)22-15-23-17-39-18-24(16-22)33(23)21-13-19-6-2-3-7-20(12-19)14-21/h4-5,8-9,19-24H,2-3,6-7,10-18H2,1H3,(H,35,36)/b32-26+. The van der Waals surface area contributed by atoms with Crippen LogP contribution in [0.2, 0.25) is 0 Å². The highest BCUT2D eigenvalue weighted by atomic mass is 16.6. The number of fused-ring (bicyclic) bond motifs is 5. The first kappa shape index (κ1) is 26.4. The fraction of sp³-hybridized carbons (Fsp3) is 0.667. The van der Waals surface area contributed by atoms with Crippen LogP contribution in [-0.2, 0) is 14.4 Å². The van der Waals surface area contributed by atoms with Crippen LogP contribution < -0.4 is 5.56 Å². The Bertz CT molecular complexity index is 1260. The number of benzene rings is 1. The van der Waals surface area contributed by atoms with Crippen LogP contribution in [-0.4, -0.2) is 69.7 Å². The van der Waals surface area contributed by atoms with Gasteiger partial charge in [0, 0.05) is 30.6 Å². The summed E-state index contributed by atoms with van der Waals surface area (Å²) < 4.78 is 8.00. The van der Waals surface area contributed by atoms with Gasteiger partial charge in [-0.15, -0.1) is 0 Å². The van der Waals surface area contributed by atoms with E-state index in [0.717, 1.165) is 30.2 Å². The normalized spacial score (nSPS) is 31.6. The van der Waals surface area contributed by atoms with Crippen LogP contribution >= 0.6 is 0 Å². The number of morpholine rings is 1. The molecular weight excluding hydrogens is 496 g/mol. The van der Waals surface area contributed by atoms with E-state index in [1.54, 1.807) is 0 Å². The van der Waals surface area contributed by atoms with Gasteiger partial charge in [-0.25, -0.2) is 4.98 Å². The Morgan fingerprint density at radius 3 is 2.36 bits per heavy atom. The molecule has 0 spiro atoms. The predicted molar refractivity (Wildman–Crippen MR) is 148 cm³/mol. The molecule has 2 aliphatic heterocycles. The van der Waals surface area contributed by atoms with Crippen LogP contribution in [0.4, 0.5) is 0 Å². The van der Waals surface area contributed by atoms with Gasteiger partial charge in [-0.1, -0.05) is 43.0 Å². The van der Waals surface area contributed by atoms with Gasteiger partial charge < -0.3 is 19.2 Å². The number of rotatable bonds is 7. The van der Waals surface area contributed by atoms with Crippen LogP contribution in [0.1, 0.15) is 82.4 Å². The maximum Gasteiger partial charge on any atom is 0.303 e. The van der Waals surface area contributed by atoms with Gasteiger partial charge in [0.25, 0.3) is 5.56 Å². The number of carboxylic acid groups (broad SMARTS) is 1. The summed E-state index contributed by atoms with van der Waals surface area (Å²) in [6.07, 6.45) is 11.2. The highest BCUT2D eigenvalue weighted by molar-refractivity contribution is 6.00. The van der Waals surface area contributed by atoms with Gasteiger partial charge in [0.1, 0.15) is 12.8 Å². The molecule has 1 N–H and O–H groups in total. The molecule has 4 fully saturated rings. The SMILES string of the molecule is CO/N=C(\CCC(=O)O)c1nc2ccccc2n(C2CC3COCC(C2)N3C2CC3CCCCC(C3)C2)c1=O. The first-order valence-electron chi connectivity index (χ1n) is 14.7. The van der Waals surface area contributed by atoms with E-state index >= 15 is 0 Å². The Kier molecular flexibility index (Phi) is 7.71. The summed E-state index contributed by atoms with van der Waals surface area (Å²) in [5, 5.41) is 13.3. The molecule has 1 aromatic heterocycles. The Morgan fingerprint density at radius 1 is 1.00 bits per heavy atom. The number of oxime groups is 1. The van der Waals surface area contributed by atoms with Crippen molar-refractivity contribution in [3.63, 3.8) is 0 Å². The van der Waals surface area contributed by atoms with Crippen molar-refractivity contribution in [3.8, 4) is 0 Å². The molecule has 2 aromatic rings. The van der Waals surface area contributed by atoms with Gasteiger partial charge in [-0.3, -0.25) is 14.5 Å². The van der Waals surface area contributed by atoms with E-state index in [9.17, 15) is 14.7 Å². The fourth-order valence-corrected chi connectivity index (χ4v) is 8.08.